The van der Waals surface area contributed by atoms with E-state index in [2.05, 4.69) is 5.10 Å². The molecule has 0 unspecified atom stereocenters. The lowest BCUT2D eigenvalue weighted by molar-refractivity contribution is -0.581. The summed E-state index contributed by atoms with van der Waals surface area (Å²) in [6, 6.07) is 21.1. The first-order chi connectivity index (χ1) is 13.0. The predicted molar refractivity (Wildman–Crippen MR) is 103 cm³/mol. The summed E-state index contributed by atoms with van der Waals surface area (Å²) in [6.45, 7) is 3.85. The summed E-state index contributed by atoms with van der Waals surface area (Å²) >= 11 is 0. The highest BCUT2D eigenvalue weighted by atomic mass is 16.3. The van der Waals surface area contributed by atoms with Crippen molar-refractivity contribution in [3.8, 4) is 11.6 Å². The molecule has 0 amide bonds. The highest BCUT2D eigenvalue weighted by Crippen LogP contribution is 2.17. The van der Waals surface area contributed by atoms with Crippen LogP contribution in [0.4, 0.5) is 0 Å². The molecule has 2 heterocycles. The zero-order valence-electron chi connectivity index (χ0n) is 15.3. The summed E-state index contributed by atoms with van der Waals surface area (Å²) in [5.74, 6) is -0.0571. The number of benzene rings is 2. The second kappa shape index (κ2) is 6.68. The van der Waals surface area contributed by atoms with E-state index in [4.69, 9.17) is 0 Å². The molecule has 0 saturated carbocycles. The third-order valence-electron chi connectivity index (χ3n) is 4.63. The average Bonchev–Trinajstić information content (AvgIpc) is 2.68. The minimum atomic E-state index is -0.307. The normalized spacial score (nSPS) is 11.0. The lowest BCUT2D eigenvalue weighted by Crippen LogP contribution is -2.40. The molecular weight excluding hydrogens is 338 g/mol. The first-order valence-electron chi connectivity index (χ1n) is 8.82. The summed E-state index contributed by atoms with van der Waals surface area (Å²) in [5, 5.41) is 15.4. The van der Waals surface area contributed by atoms with Gasteiger partial charge in [-0.1, -0.05) is 57.6 Å². The number of hydrogen-bond acceptors (Lipinski definition) is 3. The lowest BCUT2D eigenvalue weighted by atomic mass is 10.1. The molecule has 0 aliphatic heterocycles. The van der Waals surface area contributed by atoms with Crippen LogP contribution in [0, 0.1) is 13.8 Å². The Bertz CT molecular complexity index is 1180. The zero-order chi connectivity index (χ0) is 19.0. The van der Waals surface area contributed by atoms with Crippen LogP contribution in [0.25, 0.3) is 11.3 Å². The van der Waals surface area contributed by atoms with Crippen LogP contribution in [0.3, 0.4) is 0 Å². The first-order valence-corrected chi connectivity index (χ1v) is 8.82. The summed E-state index contributed by atoms with van der Waals surface area (Å²) in [5.41, 5.74) is 4.11. The van der Waals surface area contributed by atoms with E-state index in [-0.39, 0.29) is 11.4 Å². The fourth-order valence-electron chi connectivity index (χ4n) is 3.20. The van der Waals surface area contributed by atoms with Crippen LogP contribution in [0.5, 0.6) is 5.88 Å². The smallest absolute Gasteiger partial charge is 0.370 e. The van der Waals surface area contributed by atoms with E-state index >= 15 is 0 Å². The van der Waals surface area contributed by atoms with Crippen molar-refractivity contribution in [1.29, 1.82) is 0 Å². The predicted octanol–water partition coefficient (Wildman–Crippen LogP) is 2.88. The molecule has 0 spiro atoms. The summed E-state index contributed by atoms with van der Waals surface area (Å²) in [7, 11) is 0. The topological polar surface area (TPSA) is 58.5 Å². The number of rotatable bonds is 3. The van der Waals surface area contributed by atoms with Gasteiger partial charge in [-0.3, -0.25) is 0 Å². The maximum absolute atomic E-state index is 13.1. The summed E-state index contributed by atoms with van der Waals surface area (Å²) in [4.78, 5) is 13.1. The van der Waals surface area contributed by atoms with E-state index in [0.29, 0.717) is 17.6 Å². The SMILES string of the molecule is Cc1ccc(-[n+]2c(O)c(Cc3ccccc3)c(=O)n3nc(C)ccc32)cc1. The monoisotopic (exact) mass is 358 g/mol. The minimum absolute atomic E-state index is 0.0571. The van der Waals surface area contributed by atoms with E-state index in [1.165, 1.54) is 4.52 Å². The molecule has 2 aromatic carbocycles. The Hall–Kier alpha value is -3.47. The van der Waals surface area contributed by atoms with Crippen molar-refractivity contribution in [2.45, 2.75) is 20.3 Å². The van der Waals surface area contributed by atoms with E-state index < -0.39 is 0 Å². The molecule has 4 rings (SSSR count). The Morgan fingerprint density at radius 2 is 1.67 bits per heavy atom. The zero-order valence-corrected chi connectivity index (χ0v) is 15.3. The molecule has 0 bridgehead atoms. The number of aromatic nitrogens is 3. The standard InChI is InChI=1S/C22H19N3O2/c1-15-8-11-18(12-9-15)24-20-13-10-16(2)23-25(20)22(27)19(21(24)26)14-17-6-4-3-5-7-17/h3-13H,14H2,1-2H3/p+1. The van der Waals surface area contributed by atoms with Crippen molar-refractivity contribution in [3.05, 3.63) is 99.5 Å². The molecule has 5 heteroatoms. The number of aryl methyl sites for hydroxylation is 2. The van der Waals surface area contributed by atoms with Gasteiger partial charge in [0.2, 0.25) is 0 Å². The third-order valence-corrected chi connectivity index (χ3v) is 4.63. The van der Waals surface area contributed by atoms with Crippen molar-refractivity contribution in [1.82, 2.24) is 9.61 Å². The second-order valence-electron chi connectivity index (χ2n) is 6.69. The molecule has 134 valence electrons. The molecule has 4 aromatic rings. The second-order valence-corrected chi connectivity index (χ2v) is 6.69. The van der Waals surface area contributed by atoms with Crippen molar-refractivity contribution in [3.63, 3.8) is 0 Å². The number of fused-ring (bicyclic) bond motifs is 1. The van der Waals surface area contributed by atoms with Gasteiger partial charge in [0.15, 0.2) is 0 Å². The summed E-state index contributed by atoms with van der Waals surface area (Å²) in [6.07, 6.45) is 0.329. The fourth-order valence-corrected chi connectivity index (χ4v) is 3.20. The van der Waals surface area contributed by atoms with Crippen LogP contribution in [-0.4, -0.2) is 14.7 Å². The Morgan fingerprint density at radius 1 is 0.963 bits per heavy atom. The van der Waals surface area contributed by atoms with Gasteiger partial charge in [-0.2, -0.15) is 4.57 Å². The van der Waals surface area contributed by atoms with Gasteiger partial charge in [0.1, 0.15) is 11.3 Å². The molecule has 1 N–H and O–H groups in total. The van der Waals surface area contributed by atoms with Gasteiger partial charge in [0.25, 0.3) is 5.88 Å². The van der Waals surface area contributed by atoms with Crippen molar-refractivity contribution in [2.24, 2.45) is 0 Å². The Morgan fingerprint density at radius 3 is 2.37 bits per heavy atom. The Kier molecular flexibility index (Phi) is 4.20. The molecule has 0 saturated heterocycles. The lowest BCUT2D eigenvalue weighted by Gasteiger charge is -2.09. The first kappa shape index (κ1) is 17.0. The van der Waals surface area contributed by atoms with Gasteiger partial charge in [-0.05, 0) is 37.6 Å². The Labute approximate surface area is 156 Å². The minimum Gasteiger partial charge on any atom is -0.477 e. The molecule has 2 aromatic heterocycles. The molecule has 0 aliphatic rings. The van der Waals surface area contributed by atoms with Crippen molar-refractivity contribution in [2.75, 3.05) is 0 Å². The van der Waals surface area contributed by atoms with Crippen molar-refractivity contribution >= 4 is 5.65 Å². The maximum atomic E-state index is 13.1. The number of nitrogens with zero attached hydrogens (tertiary/aromatic N) is 3. The molecule has 27 heavy (non-hydrogen) atoms. The maximum Gasteiger partial charge on any atom is 0.370 e. The molecule has 5 nitrogen and oxygen atoms in total. The summed E-state index contributed by atoms with van der Waals surface area (Å²) < 4.78 is 3.04. The van der Waals surface area contributed by atoms with E-state index in [1.54, 1.807) is 10.6 Å². The quantitative estimate of drug-likeness (QED) is 0.573. The fraction of sp³-hybridized carbons (Fsp3) is 0.136. The van der Waals surface area contributed by atoms with Gasteiger partial charge >= 0.3 is 11.2 Å². The third kappa shape index (κ3) is 3.08. The van der Waals surface area contributed by atoms with E-state index in [0.717, 1.165) is 22.5 Å². The molecule has 0 fully saturated rings. The van der Waals surface area contributed by atoms with Gasteiger partial charge in [0.05, 0.1) is 5.69 Å². The largest absolute Gasteiger partial charge is 0.477 e. The van der Waals surface area contributed by atoms with Gasteiger partial charge in [0, 0.05) is 12.5 Å². The molecule has 0 radical (unpaired) electrons. The molecular formula is C22H20N3O2+. The van der Waals surface area contributed by atoms with E-state index in [1.807, 2.05) is 74.5 Å². The highest BCUT2D eigenvalue weighted by molar-refractivity contribution is 5.41. The van der Waals surface area contributed by atoms with Gasteiger partial charge < -0.3 is 5.11 Å². The van der Waals surface area contributed by atoms with Crippen LogP contribution in [0.15, 0.2) is 71.5 Å². The van der Waals surface area contributed by atoms with Crippen LogP contribution < -0.4 is 10.1 Å². The van der Waals surface area contributed by atoms with Crippen LogP contribution in [-0.2, 0) is 6.42 Å². The average molecular weight is 358 g/mol. The van der Waals surface area contributed by atoms with Gasteiger partial charge in [-0.15, -0.1) is 0 Å². The molecule has 0 aliphatic carbocycles. The number of aromatic hydroxyl groups is 1. The van der Waals surface area contributed by atoms with Crippen molar-refractivity contribution < 1.29 is 9.67 Å². The van der Waals surface area contributed by atoms with E-state index in [9.17, 15) is 9.90 Å². The van der Waals surface area contributed by atoms with Crippen LogP contribution >= 0.6 is 0 Å². The highest BCUT2D eigenvalue weighted by Gasteiger charge is 2.26. The number of hydrogen-bond donors (Lipinski definition) is 1. The van der Waals surface area contributed by atoms with Crippen LogP contribution in [0.2, 0.25) is 0 Å². The molecule has 0 atom stereocenters. The van der Waals surface area contributed by atoms with Crippen LogP contribution in [0.1, 0.15) is 22.4 Å². The Balaban J connectivity index is 2.03. The van der Waals surface area contributed by atoms with Gasteiger partial charge in [-0.25, -0.2) is 4.79 Å².